The number of benzene rings is 1. The highest BCUT2D eigenvalue weighted by Gasteiger charge is 2.23. The summed E-state index contributed by atoms with van der Waals surface area (Å²) >= 11 is 0. The second-order valence-electron chi connectivity index (χ2n) is 9.58. The molecule has 0 radical (unpaired) electrons. The van der Waals surface area contributed by atoms with Gasteiger partial charge in [0.2, 0.25) is 0 Å². The minimum atomic E-state index is -0.506. The number of ether oxygens (including phenoxy) is 2. The number of fused-ring (bicyclic) bond motifs is 3. The minimum absolute atomic E-state index is 0.192. The van der Waals surface area contributed by atoms with Gasteiger partial charge in [-0.15, -0.1) is 0 Å². The lowest BCUT2D eigenvalue weighted by Crippen LogP contribution is -2.38. The van der Waals surface area contributed by atoms with Crippen LogP contribution in [0.15, 0.2) is 30.7 Å². The number of carbonyl (C=O) groups is 1. The Labute approximate surface area is 194 Å². The summed E-state index contributed by atoms with van der Waals surface area (Å²) in [5.41, 5.74) is 2.23. The van der Waals surface area contributed by atoms with E-state index >= 15 is 0 Å². The van der Waals surface area contributed by atoms with Crippen LogP contribution in [0, 0.1) is 0 Å². The number of imidazole rings is 1. The molecule has 0 fully saturated rings. The average Bonchev–Trinajstić information content (AvgIpc) is 3.35. The average molecular weight is 453 g/mol. The maximum atomic E-state index is 12.2. The fraction of sp³-hybridized carbons (Fsp3) is 0.500. The molecule has 9 nitrogen and oxygen atoms in total. The largest absolute Gasteiger partial charge is 0.491 e. The monoisotopic (exact) mass is 452 g/mol. The predicted molar refractivity (Wildman–Crippen MR) is 125 cm³/mol. The van der Waals surface area contributed by atoms with Crippen molar-refractivity contribution >= 4 is 5.97 Å². The molecule has 0 aliphatic carbocycles. The Balaban J connectivity index is 1.54. The third-order valence-corrected chi connectivity index (χ3v) is 5.32. The summed E-state index contributed by atoms with van der Waals surface area (Å²) in [6, 6.07) is 5.83. The molecular formula is C24H32N6O3. The van der Waals surface area contributed by atoms with Crippen molar-refractivity contribution in [2.75, 3.05) is 6.61 Å². The lowest BCUT2D eigenvalue weighted by molar-refractivity contribution is -0.157. The van der Waals surface area contributed by atoms with Gasteiger partial charge in [0.15, 0.2) is 5.82 Å². The number of nitrogens with one attached hydrogen (secondary N) is 1. The van der Waals surface area contributed by atoms with Crippen LogP contribution >= 0.6 is 0 Å². The predicted octanol–water partition coefficient (Wildman–Crippen LogP) is 3.60. The van der Waals surface area contributed by atoms with E-state index in [4.69, 9.17) is 14.5 Å². The van der Waals surface area contributed by atoms with Gasteiger partial charge in [0.1, 0.15) is 41.8 Å². The van der Waals surface area contributed by atoms with Crippen LogP contribution in [0.1, 0.15) is 53.1 Å². The van der Waals surface area contributed by atoms with Gasteiger partial charge in [0, 0.05) is 18.8 Å². The van der Waals surface area contributed by atoms with Crippen molar-refractivity contribution in [2.24, 2.45) is 0 Å². The van der Waals surface area contributed by atoms with Crippen molar-refractivity contribution in [3.63, 3.8) is 0 Å². The van der Waals surface area contributed by atoms with Crippen molar-refractivity contribution in [2.45, 2.75) is 72.3 Å². The van der Waals surface area contributed by atoms with E-state index in [0.717, 1.165) is 34.2 Å². The highest BCUT2D eigenvalue weighted by atomic mass is 16.6. The standard InChI is InChI=1S/C24H32N6O3/c1-15(2)30-22(26-14-27-30)19-13-29-9-10-32-20-11-17(7-8-18(20)21(29)28-19)12-25-16(3)23(31)33-24(4,5)6/h7-8,11,13-16,25H,9-10,12H2,1-6H3/t16-/m0/s1. The second kappa shape index (κ2) is 8.97. The highest BCUT2D eigenvalue weighted by Crippen LogP contribution is 2.34. The van der Waals surface area contributed by atoms with Crippen molar-refractivity contribution in [3.05, 3.63) is 36.3 Å². The molecule has 1 atom stereocenters. The number of aromatic nitrogens is 5. The van der Waals surface area contributed by atoms with Gasteiger partial charge in [0.05, 0.1) is 12.1 Å². The molecule has 1 aromatic carbocycles. The SMILES string of the molecule is CC(C)n1ncnc1-c1cn2c(n1)-c1ccc(CN[C@@H](C)C(=O)OC(C)(C)C)cc1OCC2. The van der Waals surface area contributed by atoms with Gasteiger partial charge < -0.3 is 19.4 Å². The quantitative estimate of drug-likeness (QED) is 0.571. The van der Waals surface area contributed by atoms with E-state index in [1.807, 2.05) is 56.8 Å². The summed E-state index contributed by atoms with van der Waals surface area (Å²) in [4.78, 5) is 21.5. The maximum Gasteiger partial charge on any atom is 0.323 e. The minimum Gasteiger partial charge on any atom is -0.491 e. The zero-order chi connectivity index (χ0) is 23.8. The van der Waals surface area contributed by atoms with Crippen LogP contribution in [0.25, 0.3) is 22.9 Å². The van der Waals surface area contributed by atoms with Crippen molar-refractivity contribution in [3.8, 4) is 28.7 Å². The van der Waals surface area contributed by atoms with Crippen LogP contribution in [0.3, 0.4) is 0 Å². The third-order valence-electron chi connectivity index (χ3n) is 5.32. The molecule has 0 spiro atoms. The molecule has 4 rings (SSSR count). The molecule has 2 aromatic heterocycles. The smallest absolute Gasteiger partial charge is 0.323 e. The van der Waals surface area contributed by atoms with Crippen LogP contribution in [0.5, 0.6) is 5.75 Å². The summed E-state index contributed by atoms with van der Waals surface area (Å²) in [5.74, 6) is 2.11. The molecule has 0 saturated heterocycles. The highest BCUT2D eigenvalue weighted by molar-refractivity contribution is 5.75. The fourth-order valence-electron chi connectivity index (χ4n) is 3.70. The van der Waals surface area contributed by atoms with Crippen LogP contribution < -0.4 is 10.1 Å². The van der Waals surface area contributed by atoms with Gasteiger partial charge in [-0.05, 0) is 59.2 Å². The van der Waals surface area contributed by atoms with E-state index in [0.29, 0.717) is 19.7 Å². The van der Waals surface area contributed by atoms with E-state index in [2.05, 4.69) is 33.8 Å². The molecule has 1 aliphatic heterocycles. The van der Waals surface area contributed by atoms with Crippen molar-refractivity contribution < 1.29 is 14.3 Å². The molecule has 0 amide bonds. The van der Waals surface area contributed by atoms with Gasteiger partial charge >= 0.3 is 5.97 Å². The van der Waals surface area contributed by atoms with E-state index in [9.17, 15) is 4.79 Å². The van der Waals surface area contributed by atoms with Gasteiger partial charge in [-0.1, -0.05) is 6.07 Å². The van der Waals surface area contributed by atoms with Crippen LogP contribution in [0.4, 0.5) is 0 Å². The topological polar surface area (TPSA) is 96.1 Å². The van der Waals surface area contributed by atoms with Crippen LogP contribution in [0.2, 0.25) is 0 Å². The molecular weight excluding hydrogens is 420 g/mol. The van der Waals surface area contributed by atoms with Gasteiger partial charge in [-0.2, -0.15) is 5.10 Å². The first-order chi connectivity index (χ1) is 15.6. The van der Waals surface area contributed by atoms with E-state index in [-0.39, 0.29) is 12.0 Å². The Kier molecular flexibility index (Phi) is 6.25. The Morgan fingerprint density at radius 2 is 2.03 bits per heavy atom. The summed E-state index contributed by atoms with van der Waals surface area (Å²) < 4.78 is 15.4. The maximum absolute atomic E-state index is 12.2. The fourth-order valence-corrected chi connectivity index (χ4v) is 3.70. The second-order valence-corrected chi connectivity index (χ2v) is 9.58. The Bertz CT molecular complexity index is 1140. The van der Waals surface area contributed by atoms with E-state index < -0.39 is 11.6 Å². The zero-order valence-corrected chi connectivity index (χ0v) is 20.1. The normalized spacial score (nSPS) is 14.3. The zero-order valence-electron chi connectivity index (χ0n) is 20.1. The molecule has 176 valence electrons. The van der Waals surface area contributed by atoms with Crippen LogP contribution in [-0.4, -0.2) is 48.5 Å². The first-order valence-corrected chi connectivity index (χ1v) is 11.3. The molecule has 1 aliphatic rings. The molecule has 3 heterocycles. The summed E-state index contributed by atoms with van der Waals surface area (Å²) in [5, 5.41) is 7.56. The first-order valence-electron chi connectivity index (χ1n) is 11.3. The molecule has 0 unspecified atom stereocenters. The van der Waals surface area contributed by atoms with E-state index in [1.54, 1.807) is 6.33 Å². The first kappa shape index (κ1) is 23.0. The lowest BCUT2D eigenvalue weighted by atomic mass is 10.1. The summed E-state index contributed by atoms with van der Waals surface area (Å²) in [6.45, 7) is 13.3. The molecule has 3 aromatic rings. The lowest BCUT2D eigenvalue weighted by Gasteiger charge is -2.22. The number of hydrogen-bond donors (Lipinski definition) is 1. The number of nitrogens with zero attached hydrogens (tertiary/aromatic N) is 5. The number of esters is 1. The van der Waals surface area contributed by atoms with Gasteiger partial charge in [0.25, 0.3) is 0 Å². The Morgan fingerprint density at radius 1 is 1.24 bits per heavy atom. The van der Waals surface area contributed by atoms with Gasteiger partial charge in [-0.25, -0.2) is 14.6 Å². The third kappa shape index (κ3) is 5.08. The molecule has 33 heavy (non-hydrogen) atoms. The summed E-state index contributed by atoms with van der Waals surface area (Å²) in [6.07, 6.45) is 3.57. The Hall–Kier alpha value is -3.20. The Morgan fingerprint density at radius 3 is 2.76 bits per heavy atom. The number of carbonyl (C=O) groups excluding carboxylic acids is 1. The van der Waals surface area contributed by atoms with Crippen molar-refractivity contribution in [1.82, 2.24) is 29.6 Å². The van der Waals surface area contributed by atoms with Gasteiger partial charge in [-0.3, -0.25) is 4.79 Å². The molecule has 1 N–H and O–H groups in total. The van der Waals surface area contributed by atoms with Crippen molar-refractivity contribution in [1.29, 1.82) is 0 Å². The number of hydrogen-bond acceptors (Lipinski definition) is 7. The number of rotatable bonds is 6. The van der Waals surface area contributed by atoms with E-state index in [1.165, 1.54) is 0 Å². The molecule has 0 bridgehead atoms. The van der Waals surface area contributed by atoms with Crippen LogP contribution in [-0.2, 0) is 22.6 Å². The molecule has 9 heteroatoms. The molecule has 0 saturated carbocycles. The summed E-state index contributed by atoms with van der Waals surface area (Å²) in [7, 11) is 0.